The van der Waals surface area contributed by atoms with E-state index in [1.807, 2.05) is 77.7 Å². The number of ketones is 2. The third-order valence-corrected chi connectivity index (χ3v) is 9.74. The number of anilines is 1. The highest BCUT2D eigenvalue weighted by Crippen LogP contribution is 2.58. The maximum Gasteiger partial charge on any atom is 0.239 e. The van der Waals surface area contributed by atoms with Crippen molar-refractivity contribution >= 4 is 40.0 Å². The van der Waals surface area contributed by atoms with Crippen molar-refractivity contribution in [1.29, 1.82) is 0 Å². The summed E-state index contributed by atoms with van der Waals surface area (Å²) >= 11 is 0. The smallest absolute Gasteiger partial charge is 0.239 e. The summed E-state index contributed by atoms with van der Waals surface area (Å²) in [6.07, 6.45) is 2.45. The molecule has 3 aromatic carbocycles. The van der Waals surface area contributed by atoms with Gasteiger partial charge in [-0.25, -0.2) is 4.90 Å². The summed E-state index contributed by atoms with van der Waals surface area (Å²) in [6, 6.07) is 23.2. The van der Waals surface area contributed by atoms with Crippen LogP contribution in [0.3, 0.4) is 0 Å². The molecule has 4 aliphatic heterocycles. The third-order valence-electron chi connectivity index (χ3n) is 9.74. The SMILES string of the molecule is CCc1ccc(N2C(=O)[C@@H]3[C@H](C2=O)[C@H]2C(=O)[C@H](C(=O)c4ccnc5ccccc45)C4c5ccccc5CN2[C@H]43)cc1. The summed E-state index contributed by atoms with van der Waals surface area (Å²) in [5.41, 5.74) is 4.74. The van der Waals surface area contributed by atoms with Crippen LogP contribution in [0.2, 0.25) is 0 Å². The van der Waals surface area contributed by atoms with Gasteiger partial charge in [0.25, 0.3) is 0 Å². The molecule has 2 amide bonds. The Hall–Kier alpha value is -4.49. The average molecular weight is 542 g/mol. The van der Waals surface area contributed by atoms with Gasteiger partial charge in [0, 0.05) is 35.7 Å². The van der Waals surface area contributed by atoms with Crippen LogP contribution in [0.25, 0.3) is 10.9 Å². The molecule has 41 heavy (non-hydrogen) atoms. The summed E-state index contributed by atoms with van der Waals surface area (Å²) in [7, 11) is 0. The monoisotopic (exact) mass is 541 g/mol. The fourth-order valence-corrected chi connectivity index (χ4v) is 8.00. The zero-order valence-electron chi connectivity index (χ0n) is 22.4. The minimum Gasteiger partial charge on any atom is -0.297 e. The van der Waals surface area contributed by atoms with Crippen LogP contribution >= 0.6 is 0 Å². The van der Waals surface area contributed by atoms with Crippen LogP contribution < -0.4 is 4.90 Å². The predicted octanol–water partition coefficient (Wildman–Crippen LogP) is 4.33. The van der Waals surface area contributed by atoms with E-state index in [0.29, 0.717) is 28.7 Å². The van der Waals surface area contributed by atoms with E-state index < -0.39 is 35.8 Å². The van der Waals surface area contributed by atoms with E-state index >= 15 is 0 Å². The number of amides is 2. The minimum atomic E-state index is -0.989. The van der Waals surface area contributed by atoms with Crippen LogP contribution in [0.15, 0.2) is 85.1 Å². The van der Waals surface area contributed by atoms with Gasteiger partial charge >= 0.3 is 0 Å². The Morgan fingerprint density at radius 1 is 0.854 bits per heavy atom. The molecule has 4 bridgehead atoms. The summed E-state index contributed by atoms with van der Waals surface area (Å²) in [4.78, 5) is 64.9. The summed E-state index contributed by atoms with van der Waals surface area (Å²) < 4.78 is 0. The number of nitrogens with zero attached hydrogens (tertiary/aromatic N) is 3. The second-order valence-electron chi connectivity index (χ2n) is 11.5. The fraction of sp³-hybridized carbons (Fsp3) is 0.265. The first kappa shape index (κ1) is 24.3. The molecular weight excluding hydrogens is 514 g/mol. The Morgan fingerprint density at radius 3 is 2.39 bits per heavy atom. The first-order valence-corrected chi connectivity index (χ1v) is 14.2. The Labute approximate surface area is 236 Å². The van der Waals surface area contributed by atoms with Crippen LogP contribution in [0, 0.1) is 17.8 Å². The molecule has 1 aromatic heterocycles. The Morgan fingerprint density at radius 2 is 1.59 bits per heavy atom. The van der Waals surface area contributed by atoms with Crippen molar-refractivity contribution in [3.63, 3.8) is 0 Å². The molecule has 4 aliphatic rings. The van der Waals surface area contributed by atoms with Gasteiger partial charge in [0.15, 0.2) is 11.6 Å². The van der Waals surface area contributed by atoms with Crippen LogP contribution in [0.4, 0.5) is 5.69 Å². The molecule has 7 nitrogen and oxygen atoms in total. The number of piperidine rings is 1. The first-order valence-electron chi connectivity index (χ1n) is 14.2. The van der Waals surface area contributed by atoms with Gasteiger partial charge < -0.3 is 0 Å². The number of hydrogen-bond acceptors (Lipinski definition) is 6. The zero-order valence-corrected chi connectivity index (χ0v) is 22.4. The van der Waals surface area contributed by atoms with E-state index in [2.05, 4.69) is 11.9 Å². The highest BCUT2D eigenvalue weighted by Gasteiger charge is 2.71. The maximum absolute atomic E-state index is 14.5. The Bertz CT molecular complexity index is 1790. The number of hydrogen-bond donors (Lipinski definition) is 0. The normalized spacial score (nSPS) is 29.5. The van der Waals surface area contributed by atoms with Gasteiger partial charge in [-0.3, -0.25) is 29.1 Å². The van der Waals surface area contributed by atoms with Gasteiger partial charge in [-0.1, -0.05) is 61.5 Å². The minimum absolute atomic E-state index is 0.261. The van der Waals surface area contributed by atoms with Gasteiger partial charge in [0.05, 0.1) is 35.0 Å². The second-order valence-corrected chi connectivity index (χ2v) is 11.5. The van der Waals surface area contributed by atoms with E-state index in [9.17, 15) is 19.2 Å². The molecule has 0 radical (unpaired) electrons. The summed E-state index contributed by atoms with van der Waals surface area (Å²) in [5.74, 6) is -4.17. The zero-order chi connectivity index (χ0) is 28.0. The third kappa shape index (κ3) is 3.21. The lowest BCUT2D eigenvalue weighted by atomic mass is 9.67. The number of aromatic nitrogens is 1. The van der Waals surface area contributed by atoms with E-state index in [1.165, 1.54) is 4.90 Å². The molecule has 0 saturated carbocycles. The molecule has 3 saturated heterocycles. The Kier molecular flexibility index (Phi) is 5.19. The quantitative estimate of drug-likeness (QED) is 0.217. The number of carbonyl (C=O) groups is 4. The van der Waals surface area contributed by atoms with Crippen LogP contribution in [-0.4, -0.2) is 45.3 Å². The van der Waals surface area contributed by atoms with E-state index in [-0.39, 0.29) is 23.4 Å². The van der Waals surface area contributed by atoms with Gasteiger partial charge in [-0.2, -0.15) is 0 Å². The molecule has 7 heteroatoms. The number of para-hydroxylation sites is 1. The van der Waals surface area contributed by atoms with E-state index in [4.69, 9.17) is 0 Å². The molecule has 4 aromatic rings. The number of Topliss-reactive ketones (excluding diaryl/α,β-unsaturated/α-hetero) is 2. The molecule has 7 atom stereocenters. The van der Waals surface area contributed by atoms with Crippen molar-refractivity contribution in [2.45, 2.75) is 37.9 Å². The van der Waals surface area contributed by atoms with Gasteiger partial charge in [-0.05, 0) is 47.4 Å². The largest absolute Gasteiger partial charge is 0.297 e. The van der Waals surface area contributed by atoms with Gasteiger partial charge in [0.2, 0.25) is 11.8 Å². The van der Waals surface area contributed by atoms with Crippen molar-refractivity contribution in [3.05, 3.63) is 107 Å². The topological polar surface area (TPSA) is 87.7 Å². The molecule has 0 N–H and O–H groups in total. The first-order chi connectivity index (χ1) is 20.0. The lowest BCUT2D eigenvalue weighted by molar-refractivity contribution is -0.137. The number of fused-ring (bicyclic) bond motifs is 5. The number of benzene rings is 3. The number of imide groups is 1. The number of aryl methyl sites for hydroxylation is 1. The number of pyridine rings is 1. The highest BCUT2D eigenvalue weighted by atomic mass is 16.2. The van der Waals surface area contributed by atoms with Gasteiger partial charge in [-0.15, -0.1) is 0 Å². The van der Waals surface area contributed by atoms with Crippen molar-refractivity contribution in [1.82, 2.24) is 9.88 Å². The van der Waals surface area contributed by atoms with Crippen molar-refractivity contribution in [2.24, 2.45) is 17.8 Å². The average Bonchev–Trinajstić information content (AvgIpc) is 3.43. The standard InChI is InChI=1S/C34H27N3O4/c1-2-18-11-13-20(14-12-18)37-33(40)26-27(34(37)41)30-32(39)28(25-21-8-4-3-7-19(21)17-36(30)29(25)26)31(38)23-15-16-35-24-10-6-5-9-22(23)24/h3-16,25-30H,2,17H2,1H3/t25?,26-,27+,28+,29-,30+/m1/s1. The molecular formula is C34H27N3O4. The summed E-state index contributed by atoms with van der Waals surface area (Å²) in [6.45, 7) is 2.53. The second kappa shape index (κ2) is 8.75. The highest BCUT2D eigenvalue weighted by molar-refractivity contribution is 6.26. The number of carbonyl (C=O) groups excluding carboxylic acids is 4. The van der Waals surface area contributed by atoms with Gasteiger partial charge in [0.1, 0.15) is 0 Å². The molecule has 5 heterocycles. The van der Waals surface area contributed by atoms with E-state index in [1.54, 1.807) is 12.3 Å². The van der Waals surface area contributed by atoms with Crippen LogP contribution in [0.5, 0.6) is 0 Å². The van der Waals surface area contributed by atoms with Crippen molar-refractivity contribution in [3.8, 4) is 0 Å². The Balaban J connectivity index is 1.27. The maximum atomic E-state index is 14.5. The fourth-order valence-electron chi connectivity index (χ4n) is 8.00. The van der Waals surface area contributed by atoms with Crippen LogP contribution in [0.1, 0.15) is 39.9 Å². The van der Waals surface area contributed by atoms with Crippen molar-refractivity contribution < 1.29 is 19.2 Å². The lowest BCUT2D eigenvalue weighted by Gasteiger charge is -2.49. The molecule has 3 fully saturated rings. The molecule has 2 unspecified atom stereocenters. The van der Waals surface area contributed by atoms with Crippen molar-refractivity contribution in [2.75, 3.05) is 4.90 Å². The number of rotatable bonds is 4. The molecule has 0 aliphatic carbocycles. The lowest BCUT2D eigenvalue weighted by Crippen LogP contribution is -2.60. The summed E-state index contributed by atoms with van der Waals surface area (Å²) in [5, 5.41) is 0.695. The van der Waals surface area contributed by atoms with E-state index in [0.717, 1.165) is 23.1 Å². The molecule has 8 rings (SSSR count). The predicted molar refractivity (Wildman–Crippen MR) is 152 cm³/mol. The van der Waals surface area contributed by atoms with Crippen LogP contribution in [-0.2, 0) is 27.3 Å². The molecule has 0 spiro atoms. The molecule has 202 valence electrons.